The first-order valence-corrected chi connectivity index (χ1v) is 4.93. The van der Waals surface area contributed by atoms with Gasteiger partial charge in [0.15, 0.2) is 0 Å². The number of nitrogens with one attached hydrogen (secondary N) is 2. The highest BCUT2D eigenvalue weighted by molar-refractivity contribution is 5.81. The molecule has 0 aromatic heterocycles. The van der Waals surface area contributed by atoms with Gasteiger partial charge in [-0.25, -0.2) is 8.78 Å². The minimum Gasteiger partial charge on any atom is -0.351 e. The van der Waals surface area contributed by atoms with Crippen LogP contribution in [0.4, 0.5) is 8.78 Å². The van der Waals surface area contributed by atoms with E-state index in [9.17, 15) is 13.6 Å². The van der Waals surface area contributed by atoms with Gasteiger partial charge < -0.3 is 10.6 Å². The summed E-state index contributed by atoms with van der Waals surface area (Å²) in [5.41, 5.74) is 0.262. The maximum atomic E-state index is 13.2. The predicted molar refractivity (Wildman–Crippen MR) is 56.7 cm³/mol. The van der Waals surface area contributed by atoms with Crippen LogP contribution in [-0.4, -0.2) is 19.0 Å². The van der Waals surface area contributed by atoms with Gasteiger partial charge in [0.25, 0.3) is 0 Å². The number of carbonyl (C=O) groups excluding carboxylic acids is 1. The van der Waals surface area contributed by atoms with Crippen molar-refractivity contribution in [3.8, 4) is 0 Å². The molecule has 0 saturated carbocycles. The maximum Gasteiger partial charge on any atom is 0.237 e. The zero-order valence-corrected chi connectivity index (χ0v) is 9.18. The van der Waals surface area contributed by atoms with Crippen molar-refractivity contribution in [3.05, 3.63) is 35.4 Å². The summed E-state index contributed by atoms with van der Waals surface area (Å²) in [6.07, 6.45) is 0. The third kappa shape index (κ3) is 3.27. The summed E-state index contributed by atoms with van der Waals surface area (Å²) in [4.78, 5) is 11.4. The second-order valence-corrected chi connectivity index (χ2v) is 3.46. The molecule has 88 valence electrons. The van der Waals surface area contributed by atoms with Gasteiger partial charge in [0.1, 0.15) is 11.6 Å². The first-order valence-electron chi connectivity index (χ1n) is 4.93. The van der Waals surface area contributed by atoms with Gasteiger partial charge >= 0.3 is 0 Å². The molecule has 1 amide bonds. The first-order chi connectivity index (χ1) is 7.54. The number of likely N-dealkylation sites (N-methyl/N-ethyl adjacent to an activating group) is 1. The maximum absolute atomic E-state index is 13.2. The zero-order valence-electron chi connectivity index (χ0n) is 9.18. The van der Waals surface area contributed by atoms with Crippen LogP contribution in [0.15, 0.2) is 18.2 Å². The standard InChI is InChI=1S/C11H14F2N2O/c1-7(14-2)11(16)15-6-8-3-4-9(12)5-10(8)13/h3-5,7,14H,6H2,1-2H3,(H,15,16). The molecule has 0 aliphatic carbocycles. The molecule has 0 bridgehead atoms. The zero-order chi connectivity index (χ0) is 12.1. The Bertz CT molecular complexity index is 382. The predicted octanol–water partition coefficient (Wildman–Crippen LogP) is 1.19. The van der Waals surface area contributed by atoms with Crippen LogP contribution in [0, 0.1) is 11.6 Å². The molecule has 0 heterocycles. The second-order valence-electron chi connectivity index (χ2n) is 3.46. The number of benzene rings is 1. The minimum absolute atomic E-state index is 0.0525. The average Bonchev–Trinajstić information content (AvgIpc) is 2.26. The number of halogens is 2. The number of amides is 1. The molecule has 5 heteroatoms. The number of carbonyl (C=O) groups is 1. The van der Waals surface area contributed by atoms with Gasteiger partial charge in [0.05, 0.1) is 6.04 Å². The molecule has 2 N–H and O–H groups in total. The Morgan fingerprint density at radius 3 is 2.69 bits per heavy atom. The van der Waals surface area contributed by atoms with E-state index in [1.54, 1.807) is 14.0 Å². The first kappa shape index (κ1) is 12.6. The number of rotatable bonds is 4. The smallest absolute Gasteiger partial charge is 0.237 e. The fourth-order valence-electron chi connectivity index (χ4n) is 1.13. The highest BCUT2D eigenvalue weighted by Gasteiger charge is 2.10. The van der Waals surface area contributed by atoms with Crippen molar-refractivity contribution >= 4 is 5.91 Å². The monoisotopic (exact) mass is 228 g/mol. The van der Waals surface area contributed by atoms with E-state index < -0.39 is 11.6 Å². The van der Waals surface area contributed by atoms with Gasteiger partial charge in [-0.05, 0) is 20.0 Å². The largest absolute Gasteiger partial charge is 0.351 e. The van der Waals surface area contributed by atoms with Gasteiger partial charge in [0.2, 0.25) is 5.91 Å². The van der Waals surface area contributed by atoms with Crippen molar-refractivity contribution < 1.29 is 13.6 Å². The van der Waals surface area contributed by atoms with E-state index in [-0.39, 0.29) is 24.1 Å². The summed E-state index contributed by atoms with van der Waals surface area (Å²) in [5, 5.41) is 5.30. The molecule has 1 atom stereocenters. The summed E-state index contributed by atoms with van der Waals surface area (Å²) in [5.74, 6) is -1.51. The van der Waals surface area contributed by atoms with Crippen molar-refractivity contribution in [1.29, 1.82) is 0 Å². The van der Waals surface area contributed by atoms with Crippen molar-refractivity contribution in [2.45, 2.75) is 19.5 Å². The van der Waals surface area contributed by atoms with Gasteiger partial charge in [-0.1, -0.05) is 6.07 Å². The van der Waals surface area contributed by atoms with Crippen LogP contribution in [-0.2, 0) is 11.3 Å². The molecule has 1 unspecified atom stereocenters. The molecule has 0 radical (unpaired) electrons. The van der Waals surface area contributed by atoms with E-state index in [2.05, 4.69) is 10.6 Å². The van der Waals surface area contributed by atoms with Crippen LogP contribution >= 0.6 is 0 Å². The molecule has 0 aliphatic heterocycles. The molecule has 0 spiro atoms. The van der Waals surface area contributed by atoms with Crippen molar-refractivity contribution in [2.75, 3.05) is 7.05 Å². The molecule has 16 heavy (non-hydrogen) atoms. The van der Waals surface area contributed by atoms with Crippen molar-refractivity contribution in [2.24, 2.45) is 0 Å². The van der Waals surface area contributed by atoms with E-state index in [4.69, 9.17) is 0 Å². The summed E-state index contributed by atoms with van der Waals surface area (Å²) >= 11 is 0. The molecular weight excluding hydrogens is 214 g/mol. The Balaban J connectivity index is 2.58. The Labute approximate surface area is 92.8 Å². The number of hydrogen-bond acceptors (Lipinski definition) is 2. The summed E-state index contributed by atoms with van der Waals surface area (Å²) in [6, 6.07) is 2.92. The Hall–Kier alpha value is -1.49. The highest BCUT2D eigenvalue weighted by atomic mass is 19.1. The van der Waals surface area contributed by atoms with Crippen LogP contribution in [0.25, 0.3) is 0 Å². The molecule has 3 nitrogen and oxygen atoms in total. The van der Waals surface area contributed by atoms with Gasteiger partial charge in [-0.15, -0.1) is 0 Å². The molecule has 0 aliphatic rings. The van der Waals surface area contributed by atoms with Gasteiger partial charge in [-0.2, -0.15) is 0 Å². The summed E-state index contributed by atoms with van der Waals surface area (Å²) < 4.78 is 25.8. The van der Waals surface area contributed by atoms with Crippen LogP contribution in [0.3, 0.4) is 0 Å². The quantitative estimate of drug-likeness (QED) is 0.812. The third-order valence-corrected chi connectivity index (χ3v) is 2.29. The lowest BCUT2D eigenvalue weighted by Crippen LogP contribution is -2.40. The van der Waals surface area contributed by atoms with E-state index in [0.29, 0.717) is 0 Å². The lowest BCUT2D eigenvalue weighted by molar-refractivity contribution is -0.122. The second kappa shape index (κ2) is 5.55. The molecule has 1 aromatic rings. The van der Waals surface area contributed by atoms with Crippen molar-refractivity contribution in [1.82, 2.24) is 10.6 Å². The molecule has 0 saturated heterocycles. The Morgan fingerprint density at radius 1 is 1.44 bits per heavy atom. The van der Waals surface area contributed by atoms with E-state index in [1.165, 1.54) is 6.07 Å². The minimum atomic E-state index is -0.655. The van der Waals surface area contributed by atoms with Crippen LogP contribution in [0.5, 0.6) is 0 Å². The van der Waals surface area contributed by atoms with Crippen LogP contribution < -0.4 is 10.6 Å². The SMILES string of the molecule is CNC(C)C(=O)NCc1ccc(F)cc1F. The summed E-state index contributed by atoms with van der Waals surface area (Å²) in [7, 11) is 1.66. The normalized spacial score (nSPS) is 12.2. The Morgan fingerprint density at radius 2 is 2.12 bits per heavy atom. The van der Waals surface area contributed by atoms with Gasteiger partial charge in [0, 0.05) is 18.2 Å². The average molecular weight is 228 g/mol. The van der Waals surface area contributed by atoms with Crippen LogP contribution in [0.2, 0.25) is 0 Å². The van der Waals surface area contributed by atoms with E-state index in [0.717, 1.165) is 12.1 Å². The number of hydrogen-bond donors (Lipinski definition) is 2. The fourth-order valence-corrected chi connectivity index (χ4v) is 1.13. The van der Waals surface area contributed by atoms with E-state index in [1.807, 2.05) is 0 Å². The van der Waals surface area contributed by atoms with Crippen molar-refractivity contribution in [3.63, 3.8) is 0 Å². The third-order valence-electron chi connectivity index (χ3n) is 2.29. The Kier molecular flexibility index (Phi) is 4.37. The molecule has 1 rings (SSSR count). The van der Waals surface area contributed by atoms with Crippen LogP contribution in [0.1, 0.15) is 12.5 Å². The topological polar surface area (TPSA) is 41.1 Å². The lowest BCUT2D eigenvalue weighted by atomic mass is 10.2. The molecule has 1 aromatic carbocycles. The van der Waals surface area contributed by atoms with Gasteiger partial charge in [-0.3, -0.25) is 4.79 Å². The summed E-state index contributed by atoms with van der Waals surface area (Å²) in [6.45, 7) is 1.74. The molecule has 0 fully saturated rings. The lowest BCUT2D eigenvalue weighted by Gasteiger charge is -2.11. The molecular formula is C11H14F2N2O. The highest BCUT2D eigenvalue weighted by Crippen LogP contribution is 2.08. The van der Waals surface area contributed by atoms with E-state index >= 15 is 0 Å². The fraction of sp³-hybridized carbons (Fsp3) is 0.364.